The van der Waals surface area contributed by atoms with Gasteiger partial charge in [-0.25, -0.2) is 8.42 Å². The lowest BCUT2D eigenvalue weighted by molar-refractivity contribution is -0.121. The maximum absolute atomic E-state index is 12.2. The normalized spacial score (nSPS) is 14.5. The van der Waals surface area contributed by atoms with E-state index in [1.165, 1.54) is 14.0 Å². The van der Waals surface area contributed by atoms with Crippen molar-refractivity contribution in [2.75, 3.05) is 13.6 Å². The molecule has 0 aromatic heterocycles. The second-order valence-corrected chi connectivity index (χ2v) is 6.52. The molecule has 1 aromatic carbocycles. The molecule has 118 valence electrons. The van der Waals surface area contributed by atoms with Crippen LogP contribution in [0.25, 0.3) is 0 Å². The summed E-state index contributed by atoms with van der Waals surface area (Å²) in [5.74, 6) is -0.379. The van der Waals surface area contributed by atoms with Crippen LogP contribution in [0.3, 0.4) is 0 Å². The highest BCUT2D eigenvalue weighted by Crippen LogP contribution is 2.16. The first-order valence-corrected chi connectivity index (χ1v) is 8.37. The molecule has 21 heavy (non-hydrogen) atoms. The largest absolute Gasteiger partial charge is 0.358 e. The van der Waals surface area contributed by atoms with Gasteiger partial charge in [0.05, 0.1) is 10.9 Å². The van der Waals surface area contributed by atoms with Gasteiger partial charge in [0.2, 0.25) is 15.9 Å². The Morgan fingerprint density at radius 3 is 2.24 bits per heavy atom. The Kier molecular flexibility index (Phi) is 6.32. The van der Waals surface area contributed by atoms with Gasteiger partial charge in [-0.15, -0.1) is 0 Å². The standard InChI is InChI=1S/C14H23N3O3S/c1-5-16-10(2)12-6-8-13(9-7-12)21(19,20)17-11(3)14(18)15-4/h6-11,16-17H,5H2,1-4H3,(H,15,18). The number of nitrogens with one attached hydrogen (secondary N) is 3. The lowest BCUT2D eigenvalue weighted by atomic mass is 10.1. The van der Waals surface area contributed by atoms with E-state index >= 15 is 0 Å². The Labute approximate surface area is 126 Å². The molecule has 0 aliphatic carbocycles. The molecule has 0 aliphatic rings. The molecule has 3 N–H and O–H groups in total. The first kappa shape index (κ1) is 17.6. The molecule has 0 saturated heterocycles. The van der Waals surface area contributed by atoms with Crippen LogP contribution in [0, 0.1) is 0 Å². The Hall–Kier alpha value is -1.44. The molecule has 0 radical (unpaired) electrons. The molecule has 0 bridgehead atoms. The summed E-state index contributed by atoms with van der Waals surface area (Å²) in [6.07, 6.45) is 0. The highest BCUT2D eigenvalue weighted by Gasteiger charge is 2.21. The average Bonchev–Trinajstić information content (AvgIpc) is 2.46. The monoisotopic (exact) mass is 313 g/mol. The van der Waals surface area contributed by atoms with Crippen molar-refractivity contribution in [2.45, 2.75) is 37.8 Å². The zero-order valence-electron chi connectivity index (χ0n) is 12.8. The summed E-state index contributed by atoms with van der Waals surface area (Å²) in [6.45, 7) is 6.36. The van der Waals surface area contributed by atoms with Gasteiger partial charge in [-0.2, -0.15) is 4.72 Å². The third kappa shape index (κ3) is 4.80. The summed E-state index contributed by atoms with van der Waals surface area (Å²) >= 11 is 0. The fraction of sp³-hybridized carbons (Fsp3) is 0.500. The Morgan fingerprint density at radius 1 is 1.19 bits per heavy atom. The van der Waals surface area contributed by atoms with Crippen LogP contribution < -0.4 is 15.4 Å². The minimum absolute atomic E-state index is 0.144. The first-order valence-electron chi connectivity index (χ1n) is 6.89. The number of hydrogen-bond donors (Lipinski definition) is 3. The summed E-state index contributed by atoms with van der Waals surface area (Å²) in [4.78, 5) is 11.5. The van der Waals surface area contributed by atoms with E-state index < -0.39 is 16.1 Å². The highest BCUT2D eigenvalue weighted by atomic mass is 32.2. The molecular formula is C14H23N3O3S. The number of amides is 1. The molecule has 0 fully saturated rings. The smallest absolute Gasteiger partial charge is 0.241 e. The average molecular weight is 313 g/mol. The van der Waals surface area contributed by atoms with E-state index in [0.29, 0.717) is 0 Å². The van der Waals surface area contributed by atoms with Crippen LogP contribution in [0.1, 0.15) is 32.4 Å². The van der Waals surface area contributed by atoms with Gasteiger partial charge >= 0.3 is 0 Å². The summed E-state index contributed by atoms with van der Waals surface area (Å²) in [5.41, 5.74) is 1.01. The van der Waals surface area contributed by atoms with Crippen molar-refractivity contribution in [1.82, 2.24) is 15.4 Å². The zero-order valence-corrected chi connectivity index (χ0v) is 13.6. The van der Waals surface area contributed by atoms with E-state index in [1.54, 1.807) is 24.3 Å². The van der Waals surface area contributed by atoms with Crippen LogP contribution in [0.5, 0.6) is 0 Å². The zero-order chi connectivity index (χ0) is 16.0. The molecule has 0 saturated carbocycles. The topological polar surface area (TPSA) is 87.3 Å². The van der Waals surface area contributed by atoms with E-state index in [4.69, 9.17) is 0 Å². The van der Waals surface area contributed by atoms with Crippen molar-refractivity contribution < 1.29 is 13.2 Å². The number of carbonyl (C=O) groups excluding carboxylic acids is 1. The van der Waals surface area contributed by atoms with Gasteiger partial charge in [-0.3, -0.25) is 4.79 Å². The maximum atomic E-state index is 12.2. The lowest BCUT2D eigenvalue weighted by Gasteiger charge is -2.15. The number of benzene rings is 1. The third-order valence-corrected chi connectivity index (χ3v) is 4.73. The quantitative estimate of drug-likeness (QED) is 0.694. The van der Waals surface area contributed by atoms with Crippen LogP contribution in [-0.4, -0.2) is 34.0 Å². The van der Waals surface area contributed by atoms with Gasteiger partial charge in [-0.05, 0) is 38.1 Å². The number of rotatable bonds is 7. The summed E-state index contributed by atoms with van der Waals surface area (Å²) in [6, 6.07) is 5.97. The van der Waals surface area contributed by atoms with Crippen LogP contribution >= 0.6 is 0 Å². The second-order valence-electron chi connectivity index (χ2n) is 4.81. The summed E-state index contributed by atoms with van der Waals surface area (Å²) in [5, 5.41) is 5.66. The molecule has 0 spiro atoms. The van der Waals surface area contributed by atoms with Gasteiger partial charge in [0.1, 0.15) is 0 Å². The Morgan fingerprint density at radius 2 is 1.76 bits per heavy atom. The predicted molar refractivity (Wildman–Crippen MR) is 82.4 cm³/mol. The minimum Gasteiger partial charge on any atom is -0.358 e. The van der Waals surface area contributed by atoms with E-state index in [-0.39, 0.29) is 16.8 Å². The maximum Gasteiger partial charge on any atom is 0.241 e. The molecule has 6 nitrogen and oxygen atoms in total. The highest BCUT2D eigenvalue weighted by molar-refractivity contribution is 7.89. The van der Waals surface area contributed by atoms with E-state index in [0.717, 1.165) is 12.1 Å². The number of carbonyl (C=O) groups is 1. The fourth-order valence-corrected chi connectivity index (χ4v) is 3.13. The van der Waals surface area contributed by atoms with Gasteiger partial charge in [-0.1, -0.05) is 19.1 Å². The van der Waals surface area contributed by atoms with Crippen LogP contribution in [0.15, 0.2) is 29.2 Å². The Bertz CT molecular complexity index is 570. The molecule has 2 atom stereocenters. The van der Waals surface area contributed by atoms with Crippen molar-refractivity contribution in [2.24, 2.45) is 0 Å². The third-order valence-electron chi connectivity index (χ3n) is 3.17. The van der Waals surface area contributed by atoms with E-state index in [9.17, 15) is 13.2 Å². The predicted octanol–water partition coefficient (Wildman–Crippen LogP) is 0.770. The molecule has 0 aliphatic heterocycles. The SMILES string of the molecule is CCNC(C)c1ccc(S(=O)(=O)NC(C)C(=O)NC)cc1. The van der Waals surface area contributed by atoms with Crippen LogP contribution in [0.4, 0.5) is 0 Å². The second kappa shape index (κ2) is 7.53. The number of sulfonamides is 1. The minimum atomic E-state index is -3.70. The molecule has 1 amide bonds. The van der Waals surface area contributed by atoms with Crippen molar-refractivity contribution in [3.05, 3.63) is 29.8 Å². The molecule has 0 heterocycles. The van der Waals surface area contributed by atoms with Crippen molar-refractivity contribution in [3.8, 4) is 0 Å². The van der Waals surface area contributed by atoms with Gasteiger partial charge < -0.3 is 10.6 Å². The Balaban J connectivity index is 2.87. The molecular weight excluding hydrogens is 290 g/mol. The lowest BCUT2D eigenvalue weighted by Crippen LogP contribution is -2.43. The van der Waals surface area contributed by atoms with E-state index in [1.807, 2.05) is 13.8 Å². The number of hydrogen-bond acceptors (Lipinski definition) is 4. The van der Waals surface area contributed by atoms with E-state index in [2.05, 4.69) is 15.4 Å². The fourth-order valence-electron chi connectivity index (χ4n) is 1.93. The van der Waals surface area contributed by atoms with Crippen LogP contribution in [0.2, 0.25) is 0 Å². The molecule has 7 heteroatoms. The van der Waals surface area contributed by atoms with Crippen molar-refractivity contribution in [1.29, 1.82) is 0 Å². The first-order chi connectivity index (χ1) is 9.81. The summed E-state index contributed by atoms with van der Waals surface area (Å²) < 4.78 is 26.7. The molecule has 1 rings (SSSR count). The van der Waals surface area contributed by atoms with Gasteiger partial charge in [0, 0.05) is 13.1 Å². The van der Waals surface area contributed by atoms with Crippen molar-refractivity contribution >= 4 is 15.9 Å². The number of likely N-dealkylation sites (N-methyl/N-ethyl adjacent to an activating group) is 1. The molecule has 1 aromatic rings. The van der Waals surface area contributed by atoms with Crippen molar-refractivity contribution in [3.63, 3.8) is 0 Å². The molecule has 2 unspecified atom stereocenters. The summed E-state index contributed by atoms with van der Waals surface area (Å²) in [7, 11) is -2.24. The van der Waals surface area contributed by atoms with Crippen LogP contribution in [-0.2, 0) is 14.8 Å². The van der Waals surface area contributed by atoms with Gasteiger partial charge in [0.25, 0.3) is 0 Å². The van der Waals surface area contributed by atoms with Gasteiger partial charge in [0.15, 0.2) is 0 Å².